The minimum atomic E-state index is -0.0981. The van der Waals surface area contributed by atoms with Gasteiger partial charge in [-0.15, -0.1) is 23.5 Å². The summed E-state index contributed by atoms with van der Waals surface area (Å²) in [5.41, 5.74) is 2.14. The van der Waals surface area contributed by atoms with Gasteiger partial charge in [0.2, 0.25) is 5.52 Å². The van der Waals surface area contributed by atoms with Crippen LogP contribution in [0, 0.1) is 0 Å². The quantitative estimate of drug-likeness (QED) is 0.0363. The number of aliphatic hydroxyl groups is 1. The fourth-order valence-electron chi connectivity index (χ4n) is 5.73. The fraction of sp³-hybridized carbons (Fsp3) is 0.244. The molecule has 2 heterocycles. The molecule has 54 heavy (non-hydrogen) atoms. The zero-order valence-electron chi connectivity index (χ0n) is 30.5. The average molecular weight is 915 g/mol. The molecule has 6 rings (SSSR count). The van der Waals surface area contributed by atoms with E-state index in [1.54, 1.807) is 60.8 Å². The highest BCUT2D eigenvalue weighted by molar-refractivity contribution is 8.03. The van der Waals surface area contributed by atoms with Crippen molar-refractivity contribution < 1.29 is 57.3 Å². The van der Waals surface area contributed by atoms with Crippen LogP contribution in [0.15, 0.2) is 129 Å². The van der Waals surface area contributed by atoms with Crippen LogP contribution in [0.2, 0.25) is 0 Å². The van der Waals surface area contributed by atoms with E-state index in [2.05, 4.69) is 58.4 Å². The number of fused-ring (bicyclic) bond motifs is 2. The van der Waals surface area contributed by atoms with E-state index in [1.165, 1.54) is 0 Å². The van der Waals surface area contributed by atoms with Crippen LogP contribution in [0.3, 0.4) is 0 Å². The number of rotatable bonds is 18. The molecular weight excluding hydrogens is 872 g/mol. The zero-order chi connectivity index (χ0) is 37.0. The molecule has 4 aromatic carbocycles. The first kappa shape index (κ1) is 41.7. The third kappa shape index (κ3) is 10.4. The molecule has 0 fully saturated rings. The van der Waals surface area contributed by atoms with Gasteiger partial charge in [0.05, 0.1) is 53.9 Å². The van der Waals surface area contributed by atoms with Gasteiger partial charge in [-0.1, -0.05) is 59.5 Å². The zero-order valence-corrected chi connectivity index (χ0v) is 36.0. The molecule has 0 spiro atoms. The monoisotopic (exact) mass is 914 g/mol. The number of ether oxygens (including phenoxy) is 5. The number of aromatic nitrogens is 1. The van der Waals surface area contributed by atoms with E-state index in [-0.39, 0.29) is 37.2 Å². The molecule has 0 bridgehead atoms. The van der Waals surface area contributed by atoms with Gasteiger partial charge in [-0.3, -0.25) is 0 Å². The Balaban J connectivity index is 0.00000561. The van der Waals surface area contributed by atoms with Crippen molar-refractivity contribution in [3.8, 4) is 23.0 Å². The highest BCUT2D eigenvalue weighted by Gasteiger charge is 2.27. The molecule has 0 aliphatic carbocycles. The number of thioether (sulfide) groups is 3. The molecule has 13 heteroatoms. The summed E-state index contributed by atoms with van der Waals surface area (Å²) < 4.78 is 33.2. The molecule has 284 valence electrons. The third-order valence-corrected chi connectivity index (χ3v) is 12.0. The van der Waals surface area contributed by atoms with Crippen molar-refractivity contribution in [2.45, 2.75) is 21.2 Å². The van der Waals surface area contributed by atoms with Crippen molar-refractivity contribution in [2.24, 2.45) is 0 Å². The van der Waals surface area contributed by atoms with Crippen LogP contribution in [0.4, 0.5) is 5.69 Å². The van der Waals surface area contributed by atoms with Gasteiger partial charge in [-0.05, 0) is 67.1 Å². The van der Waals surface area contributed by atoms with E-state index in [0.717, 1.165) is 63.6 Å². The number of thiazole rings is 1. The maximum Gasteiger partial charge on any atom is 0.263 e. The summed E-state index contributed by atoms with van der Waals surface area (Å²) in [6.45, 7) is 2.32. The molecule has 1 aromatic heterocycles. The van der Waals surface area contributed by atoms with Crippen LogP contribution in [-0.2, 0) is 11.3 Å². The minimum Gasteiger partial charge on any atom is -1.00 e. The van der Waals surface area contributed by atoms with Gasteiger partial charge >= 0.3 is 0 Å². The van der Waals surface area contributed by atoms with Crippen LogP contribution in [0.5, 0.6) is 23.0 Å². The minimum absolute atomic E-state index is 0. The smallest absolute Gasteiger partial charge is 0.263 e. The van der Waals surface area contributed by atoms with Gasteiger partial charge < -0.3 is 57.7 Å². The second-order valence-corrected chi connectivity index (χ2v) is 15.3. The summed E-state index contributed by atoms with van der Waals surface area (Å²) >= 11 is 6.72. The van der Waals surface area contributed by atoms with Crippen LogP contribution in [0.1, 0.15) is 5.01 Å². The number of para-hydroxylation sites is 2. The van der Waals surface area contributed by atoms with Crippen LogP contribution >= 0.6 is 46.6 Å². The molecule has 5 aromatic rings. The number of allylic oxidation sites excluding steroid dienone is 3. The van der Waals surface area contributed by atoms with E-state index >= 15 is 0 Å². The normalized spacial score (nSPS) is 13.3. The second kappa shape index (κ2) is 21.0. The summed E-state index contributed by atoms with van der Waals surface area (Å²) in [7, 11) is 3.41. The largest absolute Gasteiger partial charge is 1.00 e. The van der Waals surface area contributed by atoms with Crippen LogP contribution in [0.25, 0.3) is 16.3 Å². The lowest BCUT2D eigenvalue weighted by molar-refractivity contribution is -0.669. The predicted molar refractivity (Wildman–Crippen MR) is 220 cm³/mol. The summed E-state index contributed by atoms with van der Waals surface area (Å²) in [5.74, 6) is 3.96. The Morgan fingerprint density at radius 3 is 2.13 bits per heavy atom. The Morgan fingerprint density at radius 2 is 1.48 bits per heavy atom. The molecule has 1 N–H and O–H groups in total. The number of hydrogen-bond acceptors (Lipinski definition) is 11. The van der Waals surface area contributed by atoms with Gasteiger partial charge in [-0.2, -0.15) is 4.57 Å². The summed E-state index contributed by atoms with van der Waals surface area (Å²) in [5, 5.41) is 11.8. The van der Waals surface area contributed by atoms with Crippen molar-refractivity contribution >= 4 is 68.6 Å². The van der Waals surface area contributed by atoms with E-state index in [4.69, 9.17) is 23.7 Å². The highest BCUT2D eigenvalue weighted by Crippen LogP contribution is 2.50. The molecule has 0 amide bonds. The van der Waals surface area contributed by atoms with E-state index < -0.39 is 0 Å². The third-order valence-electron chi connectivity index (χ3n) is 8.27. The topological polar surface area (TPSA) is 73.5 Å². The van der Waals surface area contributed by atoms with Gasteiger partial charge in [-0.25, -0.2) is 0 Å². The number of halogens is 1. The maximum atomic E-state index is 9.70. The van der Waals surface area contributed by atoms with Gasteiger partial charge in [0, 0.05) is 17.0 Å². The number of aliphatic hydroxyl groups excluding tert-OH is 1. The van der Waals surface area contributed by atoms with Crippen molar-refractivity contribution in [1.29, 1.82) is 0 Å². The predicted octanol–water partition coefficient (Wildman–Crippen LogP) is 6.17. The standard InChI is InChI=1S/C41H43N2O6S4.HI/c1-45-34-25-32-36(27-38(34)50-3)52-40(42(32)19-22-47-29-11-7-5-8-12-29)17-15-31(49-24-21-44)16-18-41-43(20-23-48-30-13-9-6-10-14-30)33-26-35(46-2)39(51-4)28-37(33)53-41;/h5-18,25-28,44H,19-24H2,1-4H3;1H/q+1;/p-1. The molecular formula is C41H43IN2O6S4. The van der Waals surface area contributed by atoms with Gasteiger partial charge in [0.1, 0.15) is 53.3 Å². The molecule has 1 aliphatic rings. The molecule has 8 nitrogen and oxygen atoms in total. The van der Waals surface area contributed by atoms with Crippen LogP contribution in [-0.4, -0.2) is 64.8 Å². The SMILES string of the molecule is COc1cc2c(cc1SC)S/C(=C/C=C(/C=C/c1sc3cc(SC)c(OC)cc3[n+]1CCOc1ccccc1)OCCO)N2CCOc1ccccc1.[I-]. The Morgan fingerprint density at radius 1 is 0.833 bits per heavy atom. The Bertz CT molecular complexity index is 2080. The van der Waals surface area contributed by atoms with E-state index in [1.807, 2.05) is 72.8 Å². The summed E-state index contributed by atoms with van der Waals surface area (Å²) in [6.07, 6.45) is 12.2. The lowest BCUT2D eigenvalue weighted by Gasteiger charge is -2.21. The van der Waals surface area contributed by atoms with Gasteiger partial charge in [0.25, 0.3) is 5.01 Å². The van der Waals surface area contributed by atoms with E-state index in [9.17, 15) is 5.11 Å². The Kier molecular flexibility index (Phi) is 16.2. The lowest BCUT2D eigenvalue weighted by Crippen LogP contribution is -3.00. The summed E-state index contributed by atoms with van der Waals surface area (Å²) in [4.78, 5) is 5.56. The number of benzene rings is 4. The Labute approximate surface area is 351 Å². The van der Waals surface area contributed by atoms with E-state index in [0.29, 0.717) is 32.1 Å². The molecule has 1 aliphatic heterocycles. The average Bonchev–Trinajstić information content (AvgIpc) is 3.72. The first-order valence-corrected chi connectivity index (χ1v) is 21.1. The second-order valence-electron chi connectivity index (χ2n) is 11.5. The Hall–Kier alpha value is -3.47. The molecule has 0 unspecified atom stereocenters. The van der Waals surface area contributed by atoms with Gasteiger partial charge in [0.15, 0.2) is 6.54 Å². The molecule has 0 saturated carbocycles. The number of hydrogen-bond donors (Lipinski definition) is 1. The lowest BCUT2D eigenvalue weighted by atomic mass is 10.2. The highest BCUT2D eigenvalue weighted by atomic mass is 127. The molecule has 0 atom stereocenters. The fourth-order valence-corrected chi connectivity index (χ4v) is 9.26. The van der Waals surface area contributed by atoms with Crippen molar-refractivity contribution in [3.05, 3.63) is 119 Å². The van der Waals surface area contributed by atoms with Crippen LogP contribution < -0.4 is 52.4 Å². The first-order chi connectivity index (χ1) is 26.0. The number of nitrogens with zero attached hydrogens (tertiary/aromatic N) is 2. The number of methoxy groups -OCH3 is 2. The van der Waals surface area contributed by atoms with Crippen molar-refractivity contribution in [2.75, 3.05) is 64.6 Å². The maximum absolute atomic E-state index is 9.70. The van der Waals surface area contributed by atoms with Crippen molar-refractivity contribution in [3.63, 3.8) is 0 Å². The summed E-state index contributed by atoms with van der Waals surface area (Å²) in [6, 6.07) is 28.3. The molecule has 0 radical (unpaired) electrons. The first-order valence-electron chi connectivity index (χ1n) is 17.0. The molecule has 0 saturated heterocycles. The number of anilines is 1. The van der Waals surface area contributed by atoms with Crippen molar-refractivity contribution in [1.82, 2.24) is 0 Å².